The molecule has 0 bridgehead atoms. The van der Waals surface area contributed by atoms with Gasteiger partial charge in [0, 0.05) is 67.4 Å². The average molecular weight is 1040 g/mol. The Labute approximate surface area is 472 Å². The van der Waals surface area contributed by atoms with Crippen molar-refractivity contribution in [3.63, 3.8) is 0 Å². The minimum Gasteiger partial charge on any atom is -0.310 e. The Bertz CT molecular complexity index is 3280. The van der Waals surface area contributed by atoms with Crippen molar-refractivity contribution < 1.29 is 0 Å². The van der Waals surface area contributed by atoms with Gasteiger partial charge in [0.2, 0.25) is 0 Å². The Morgan fingerprint density at radius 3 is 0.468 bits per heavy atom. The minimum absolute atomic E-state index is 0.436. The second-order valence-corrected chi connectivity index (χ2v) is 26.0. The molecule has 0 atom stereocenters. The zero-order chi connectivity index (χ0) is 56.1. The van der Waals surface area contributed by atoms with Gasteiger partial charge in [-0.1, -0.05) is 77.9 Å². The van der Waals surface area contributed by atoms with Gasteiger partial charge in [-0.15, -0.1) is 0 Å². The SMILES string of the molecule is Cc1cc(C)cc(N(c2cc(C)cc(C)c2)c2cc3c4c(c2)C(C)(C)c2cc(N(c5cc(C)cc(C)c5)c5cc(C)cc(C)c5)cc5c2N4c2c(cc(N(c4cc(C)cc(C)c4)c4cc(C)cc(C)c4)cc2C5(C)C)C3(C)C)c1. The highest BCUT2D eigenvalue weighted by Gasteiger charge is 2.53. The maximum Gasteiger partial charge on any atom is 0.0545 e. The van der Waals surface area contributed by atoms with Crippen LogP contribution in [-0.2, 0) is 16.2 Å². The van der Waals surface area contributed by atoms with Gasteiger partial charge in [-0.05, 0) is 292 Å². The van der Waals surface area contributed by atoms with E-state index in [4.69, 9.17) is 0 Å². The number of benzene rings is 9. The molecule has 3 aliphatic heterocycles. The van der Waals surface area contributed by atoms with E-state index < -0.39 is 16.2 Å². The van der Waals surface area contributed by atoms with Crippen molar-refractivity contribution in [1.82, 2.24) is 0 Å². The lowest BCUT2D eigenvalue weighted by Gasteiger charge is -2.55. The highest BCUT2D eigenvalue weighted by molar-refractivity contribution is 6.02. The molecule has 4 nitrogen and oxygen atoms in total. The Kier molecular flexibility index (Phi) is 11.9. The Balaban J connectivity index is 1.22. The molecule has 398 valence electrons. The number of anilines is 12. The summed E-state index contributed by atoms with van der Waals surface area (Å²) in [7, 11) is 0. The number of aryl methyl sites for hydroxylation is 12. The van der Waals surface area contributed by atoms with Gasteiger partial charge in [-0.25, -0.2) is 0 Å². The Morgan fingerprint density at radius 1 is 0.203 bits per heavy atom. The lowest BCUT2D eigenvalue weighted by Crippen LogP contribution is -2.44. The topological polar surface area (TPSA) is 13.0 Å². The molecule has 4 heteroatoms. The molecule has 0 amide bonds. The van der Waals surface area contributed by atoms with E-state index in [2.05, 4.69) is 290 Å². The van der Waals surface area contributed by atoms with E-state index in [9.17, 15) is 0 Å². The number of hydrogen-bond donors (Lipinski definition) is 0. The summed E-state index contributed by atoms with van der Waals surface area (Å²) in [5.41, 5.74) is 36.1. The van der Waals surface area contributed by atoms with Gasteiger partial charge in [0.15, 0.2) is 0 Å². The fraction of sp³-hybridized carbons (Fsp3) is 0.280. The van der Waals surface area contributed by atoms with E-state index in [0.29, 0.717) is 0 Å². The molecule has 0 unspecified atom stereocenters. The molecule has 0 saturated carbocycles. The minimum atomic E-state index is -0.436. The molecular formula is C75H78N4. The quantitative estimate of drug-likeness (QED) is 0.143. The van der Waals surface area contributed by atoms with E-state index in [-0.39, 0.29) is 0 Å². The van der Waals surface area contributed by atoms with Crippen LogP contribution in [0.3, 0.4) is 0 Å². The lowest BCUT2D eigenvalue weighted by atomic mass is 9.60. The fourth-order valence-electron chi connectivity index (χ4n) is 14.4. The maximum atomic E-state index is 2.74. The Morgan fingerprint density at radius 2 is 0.329 bits per heavy atom. The van der Waals surface area contributed by atoms with Crippen molar-refractivity contribution in [3.05, 3.63) is 246 Å². The summed E-state index contributed by atoms with van der Waals surface area (Å²) in [6.45, 7) is 41.8. The second-order valence-electron chi connectivity index (χ2n) is 26.0. The van der Waals surface area contributed by atoms with Crippen LogP contribution in [0, 0.1) is 83.1 Å². The molecule has 79 heavy (non-hydrogen) atoms. The molecule has 9 aromatic carbocycles. The number of nitrogens with zero attached hydrogens (tertiary/aromatic N) is 4. The summed E-state index contributed by atoms with van der Waals surface area (Å²) in [4.78, 5) is 10.4. The van der Waals surface area contributed by atoms with Crippen LogP contribution in [0.5, 0.6) is 0 Å². The van der Waals surface area contributed by atoms with E-state index in [1.165, 1.54) is 168 Å². The molecule has 0 saturated heterocycles. The zero-order valence-corrected chi connectivity index (χ0v) is 50.1. The van der Waals surface area contributed by atoms with E-state index >= 15 is 0 Å². The van der Waals surface area contributed by atoms with Crippen LogP contribution >= 0.6 is 0 Å². The zero-order valence-electron chi connectivity index (χ0n) is 50.1. The third-order valence-electron chi connectivity index (χ3n) is 17.6. The molecule has 0 aliphatic carbocycles. The molecule has 0 radical (unpaired) electrons. The first-order valence-electron chi connectivity index (χ1n) is 28.5. The van der Waals surface area contributed by atoms with E-state index in [1.807, 2.05) is 0 Å². The molecule has 0 fully saturated rings. The van der Waals surface area contributed by atoms with E-state index in [0.717, 1.165) is 0 Å². The van der Waals surface area contributed by atoms with E-state index in [1.54, 1.807) is 0 Å². The fourth-order valence-corrected chi connectivity index (χ4v) is 14.4. The first-order chi connectivity index (χ1) is 37.3. The summed E-state index contributed by atoms with van der Waals surface area (Å²) >= 11 is 0. The van der Waals surface area contributed by atoms with Gasteiger partial charge in [0.25, 0.3) is 0 Å². The summed E-state index contributed by atoms with van der Waals surface area (Å²) in [6, 6.07) is 57.5. The molecule has 9 aromatic rings. The van der Waals surface area contributed by atoms with Crippen LogP contribution in [0.2, 0.25) is 0 Å². The average Bonchev–Trinajstić information content (AvgIpc) is 3.45. The van der Waals surface area contributed by atoms with Crippen LogP contribution in [0.1, 0.15) is 142 Å². The van der Waals surface area contributed by atoms with Crippen LogP contribution in [-0.4, -0.2) is 0 Å². The van der Waals surface area contributed by atoms with Gasteiger partial charge in [-0.3, -0.25) is 0 Å². The van der Waals surface area contributed by atoms with Gasteiger partial charge >= 0.3 is 0 Å². The van der Waals surface area contributed by atoms with Gasteiger partial charge in [0.1, 0.15) is 0 Å². The predicted octanol–water partition coefficient (Wildman–Crippen LogP) is 21.2. The normalized spacial score (nSPS) is 14.7. The van der Waals surface area contributed by atoms with Gasteiger partial charge in [0.05, 0.1) is 17.1 Å². The Hall–Kier alpha value is -7.82. The number of rotatable bonds is 9. The summed E-state index contributed by atoms with van der Waals surface area (Å²) < 4.78 is 0. The van der Waals surface area contributed by atoms with Gasteiger partial charge < -0.3 is 19.6 Å². The largest absolute Gasteiger partial charge is 0.310 e. The summed E-state index contributed by atoms with van der Waals surface area (Å²) in [5, 5.41) is 0. The standard InChI is InChI=1S/C75H78N4/c1-43-19-44(2)26-55(25-43)76(56-27-45(3)20-46(4)28-56)61-37-64-70-65(38-61)74(15,16)67-40-63(78(59-33-51(9)23-52(10)34-59)60-35-53(11)24-54(12)36-60)42-69-72(67)79(70)71-66(73(64,13)14)39-62(41-68(71)75(69,17)18)77(57-29-47(5)21-48(6)30-57)58-31-49(7)22-50(8)32-58/h19-42H,1-18H3. The van der Waals surface area contributed by atoms with Crippen LogP contribution in [0.25, 0.3) is 0 Å². The highest BCUT2D eigenvalue weighted by Crippen LogP contribution is 2.68. The monoisotopic (exact) mass is 1030 g/mol. The highest BCUT2D eigenvalue weighted by atomic mass is 15.2. The van der Waals surface area contributed by atoms with Crippen molar-refractivity contribution in [3.8, 4) is 0 Å². The van der Waals surface area contributed by atoms with Crippen molar-refractivity contribution in [2.24, 2.45) is 0 Å². The van der Waals surface area contributed by atoms with Crippen molar-refractivity contribution in [2.75, 3.05) is 19.6 Å². The van der Waals surface area contributed by atoms with Crippen LogP contribution in [0.4, 0.5) is 68.2 Å². The third-order valence-corrected chi connectivity index (χ3v) is 17.6. The molecule has 3 aliphatic rings. The van der Waals surface area contributed by atoms with Crippen molar-refractivity contribution >= 4 is 68.2 Å². The molecule has 0 N–H and O–H groups in total. The second kappa shape index (κ2) is 18.1. The van der Waals surface area contributed by atoms with Crippen LogP contribution < -0.4 is 19.6 Å². The molecular weight excluding hydrogens is 957 g/mol. The number of hydrogen-bond acceptors (Lipinski definition) is 4. The van der Waals surface area contributed by atoms with Crippen molar-refractivity contribution in [2.45, 2.75) is 141 Å². The molecule has 12 rings (SSSR count). The summed E-state index contributed by atoms with van der Waals surface area (Å²) in [5.74, 6) is 0. The van der Waals surface area contributed by atoms with Crippen LogP contribution in [0.15, 0.2) is 146 Å². The predicted molar refractivity (Wildman–Crippen MR) is 338 cm³/mol. The van der Waals surface area contributed by atoms with Crippen molar-refractivity contribution in [1.29, 1.82) is 0 Å². The molecule has 0 aromatic heterocycles. The maximum absolute atomic E-state index is 2.74. The first-order valence-corrected chi connectivity index (χ1v) is 28.5. The molecule has 3 heterocycles. The van der Waals surface area contributed by atoms with Gasteiger partial charge in [-0.2, -0.15) is 0 Å². The smallest absolute Gasteiger partial charge is 0.0545 e. The molecule has 0 spiro atoms. The lowest BCUT2D eigenvalue weighted by molar-refractivity contribution is 0.567. The first kappa shape index (κ1) is 51.9. The third kappa shape index (κ3) is 8.48. The summed E-state index contributed by atoms with van der Waals surface area (Å²) in [6.07, 6.45) is 0.